The Labute approximate surface area is 105 Å². The lowest BCUT2D eigenvalue weighted by molar-refractivity contribution is -0.139. The molecular weight excluding hydrogens is 212 g/mol. The van der Waals surface area contributed by atoms with Crippen LogP contribution in [0.5, 0.6) is 0 Å². The highest BCUT2D eigenvalue weighted by molar-refractivity contribution is 5.86. The smallest absolute Gasteiger partial charge is 0.242 e. The van der Waals surface area contributed by atoms with Crippen LogP contribution in [0.15, 0.2) is 0 Å². The molecule has 3 nitrogen and oxygen atoms in total. The predicted octanol–water partition coefficient (Wildman–Crippen LogP) is 2.30. The highest BCUT2D eigenvalue weighted by Crippen LogP contribution is 2.36. The Morgan fingerprint density at radius 2 is 1.71 bits per heavy atom. The third-order valence-electron chi connectivity index (χ3n) is 5.03. The third-order valence-corrected chi connectivity index (χ3v) is 5.03. The quantitative estimate of drug-likeness (QED) is 0.802. The molecule has 3 heteroatoms. The number of rotatable bonds is 2. The van der Waals surface area contributed by atoms with Gasteiger partial charge in [-0.25, -0.2) is 0 Å². The molecule has 1 saturated heterocycles. The summed E-state index contributed by atoms with van der Waals surface area (Å²) in [6.45, 7) is 6.39. The second-order valence-electron chi connectivity index (χ2n) is 6.32. The largest absolute Gasteiger partial charge is 0.341 e. The van der Waals surface area contributed by atoms with Crippen molar-refractivity contribution in [2.75, 3.05) is 13.1 Å². The van der Waals surface area contributed by atoms with E-state index in [1.165, 1.54) is 6.42 Å². The summed E-state index contributed by atoms with van der Waals surface area (Å²) in [5, 5.41) is 0. The van der Waals surface area contributed by atoms with E-state index >= 15 is 0 Å². The van der Waals surface area contributed by atoms with Gasteiger partial charge in [0.05, 0.1) is 5.54 Å². The number of likely N-dealkylation sites (tertiary alicyclic amines) is 1. The molecular formula is C14H26N2O. The average molecular weight is 238 g/mol. The molecule has 1 saturated carbocycles. The SMILES string of the molecule is CCC1(C)CCN(C(=O)C2(N)CCCC2)CC1. The van der Waals surface area contributed by atoms with E-state index in [-0.39, 0.29) is 5.91 Å². The molecule has 2 rings (SSSR count). The fourth-order valence-electron chi connectivity index (χ4n) is 3.14. The number of nitrogens with two attached hydrogens (primary N) is 1. The van der Waals surface area contributed by atoms with Crippen LogP contribution in [-0.4, -0.2) is 29.4 Å². The maximum Gasteiger partial charge on any atom is 0.242 e. The van der Waals surface area contributed by atoms with Crippen LogP contribution >= 0.6 is 0 Å². The predicted molar refractivity (Wildman–Crippen MR) is 69.6 cm³/mol. The molecule has 0 bridgehead atoms. The Bertz CT molecular complexity index is 287. The monoisotopic (exact) mass is 238 g/mol. The van der Waals surface area contributed by atoms with Crippen LogP contribution in [-0.2, 0) is 4.79 Å². The van der Waals surface area contributed by atoms with Crippen molar-refractivity contribution < 1.29 is 4.79 Å². The van der Waals surface area contributed by atoms with Gasteiger partial charge in [-0.15, -0.1) is 0 Å². The zero-order valence-corrected chi connectivity index (χ0v) is 11.3. The minimum Gasteiger partial charge on any atom is -0.341 e. The van der Waals surface area contributed by atoms with Crippen LogP contribution < -0.4 is 5.73 Å². The van der Waals surface area contributed by atoms with Crippen molar-refractivity contribution in [2.24, 2.45) is 11.1 Å². The van der Waals surface area contributed by atoms with Crippen molar-refractivity contribution in [3.05, 3.63) is 0 Å². The van der Waals surface area contributed by atoms with Crippen LogP contribution in [0.2, 0.25) is 0 Å². The summed E-state index contributed by atoms with van der Waals surface area (Å²) < 4.78 is 0. The first-order valence-electron chi connectivity index (χ1n) is 7.07. The van der Waals surface area contributed by atoms with Crippen LogP contribution in [0.1, 0.15) is 58.8 Å². The van der Waals surface area contributed by atoms with Crippen molar-refractivity contribution in [2.45, 2.75) is 64.3 Å². The topological polar surface area (TPSA) is 46.3 Å². The van der Waals surface area contributed by atoms with E-state index in [1.807, 2.05) is 4.90 Å². The van der Waals surface area contributed by atoms with Gasteiger partial charge >= 0.3 is 0 Å². The zero-order chi connectivity index (χ0) is 12.5. The molecule has 0 unspecified atom stereocenters. The van der Waals surface area contributed by atoms with Crippen molar-refractivity contribution in [1.29, 1.82) is 0 Å². The zero-order valence-electron chi connectivity index (χ0n) is 11.3. The first-order valence-corrected chi connectivity index (χ1v) is 7.07. The van der Waals surface area contributed by atoms with Gasteiger partial charge in [0.1, 0.15) is 0 Å². The van der Waals surface area contributed by atoms with Gasteiger partial charge in [-0.3, -0.25) is 4.79 Å². The molecule has 1 amide bonds. The summed E-state index contributed by atoms with van der Waals surface area (Å²) in [5.74, 6) is 0.216. The van der Waals surface area contributed by atoms with Crippen molar-refractivity contribution in [3.8, 4) is 0 Å². The molecule has 17 heavy (non-hydrogen) atoms. The molecule has 0 spiro atoms. The fourth-order valence-corrected chi connectivity index (χ4v) is 3.14. The van der Waals surface area contributed by atoms with E-state index in [4.69, 9.17) is 5.73 Å². The summed E-state index contributed by atoms with van der Waals surface area (Å²) in [6, 6.07) is 0. The Kier molecular flexibility index (Phi) is 3.48. The number of nitrogens with zero attached hydrogens (tertiary/aromatic N) is 1. The Morgan fingerprint density at radius 1 is 1.18 bits per heavy atom. The number of amides is 1. The van der Waals surface area contributed by atoms with E-state index in [0.29, 0.717) is 5.41 Å². The van der Waals surface area contributed by atoms with Gasteiger partial charge in [0.2, 0.25) is 5.91 Å². The molecule has 2 aliphatic rings. The maximum absolute atomic E-state index is 12.4. The third kappa shape index (κ3) is 2.49. The van der Waals surface area contributed by atoms with Crippen LogP contribution in [0, 0.1) is 5.41 Å². The van der Waals surface area contributed by atoms with Gasteiger partial charge in [0.15, 0.2) is 0 Å². The molecule has 98 valence electrons. The van der Waals surface area contributed by atoms with Gasteiger partial charge in [-0.1, -0.05) is 33.1 Å². The number of hydrogen-bond acceptors (Lipinski definition) is 2. The fraction of sp³-hybridized carbons (Fsp3) is 0.929. The molecule has 2 N–H and O–H groups in total. The molecule has 0 radical (unpaired) electrons. The van der Waals surface area contributed by atoms with Gasteiger partial charge in [-0.2, -0.15) is 0 Å². The number of hydrogen-bond donors (Lipinski definition) is 1. The number of piperidine rings is 1. The summed E-state index contributed by atoms with van der Waals surface area (Å²) in [6.07, 6.45) is 7.46. The highest BCUT2D eigenvalue weighted by Gasteiger charge is 2.41. The molecule has 1 aliphatic carbocycles. The second kappa shape index (κ2) is 4.60. The van der Waals surface area contributed by atoms with Crippen molar-refractivity contribution >= 4 is 5.91 Å². The van der Waals surface area contributed by atoms with Crippen molar-refractivity contribution in [3.63, 3.8) is 0 Å². The maximum atomic E-state index is 12.4. The molecule has 1 heterocycles. The minimum absolute atomic E-state index is 0.216. The second-order valence-corrected chi connectivity index (χ2v) is 6.32. The molecule has 0 aromatic rings. The molecule has 0 aromatic carbocycles. The normalized spacial score (nSPS) is 27.1. The van der Waals surface area contributed by atoms with Crippen LogP contribution in [0.4, 0.5) is 0 Å². The van der Waals surface area contributed by atoms with Crippen molar-refractivity contribution in [1.82, 2.24) is 4.90 Å². The van der Waals surface area contributed by atoms with E-state index in [0.717, 1.165) is 51.6 Å². The highest BCUT2D eigenvalue weighted by atomic mass is 16.2. The summed E-state index contributed by atoms with van der Waals surface area (Å²) in [4.78, 5) is 14.4. The average Bonchev–Trinajstić information content (AvgIpc) is 2.78. The lowest BCUT2D eigenvalue weighted by atomic mass is 9.78. The van der Waals surface area contributed by atoms with Gasteiger partial charge in [0, 0.05) is 13.1 Å². The van der Waals surface area contributed by atoms with Gasteiger partial charge in [-0.05, 0) is 31.1 Å². The van der Waals surface area contributed by atoms with Gasteiger partial charge in [0.25, 0.3) is 0 Å². The van der Waals surface area contributed by atoms with Crippen LogP contribution in [0.25, 0.3) is 0 Å². The Balaban J connectivity index is 1.94. The summed E-state index contributed by atoms with van der Waals surface area (Å²) in [7, 11) is 0. The molecule has 1 aliphatic heterocycles. The first-order chi connectivity index (χ1) is 7.99. The van der Waals surface area contributed by atoms with E-state index in [2.05, 4.69) is 13.8 Å². The first kappa shape index (κ1) is 12.9. The molecule has 2 fully saturated rings. The molecule has 0 atom stereocenters. The lowest BCUT2D eigenvalue weighted by Crippen LogP contribution is -2.56. The standard InChI is InChI=1S/C14H26N2O/c1-3-13(2)8-10-16(11-9-13)12(17)14(15)6-4-5-7-14/h3-11,15H2,1-2H3. The van der Waals surface area contributed by atoms with Crippen LogP contribution in [0.3, 0.4) is 0 Å². The van der Waals surface area contributed by atoms with Gasteiger partial charge < -0.3 is 10.6 Å². The number of carbonyl (C=O) groups excluding carboxylic acids is 1. The van der Waals surface area contributed by atoms with E-state index in [9.17, 15) is 4.79 Å². The van der Waals surface area contributed by atoms with E-state index < -0.39 is 5.54 Å². The minimum atomic E-state index is -0.528. The lowest BCUT2D eigenvalue weighted by Gasteiger charge is -2.41. The summed E-state index contributed by atoms with van der Waals surface area (Å²) in [5.41, 5.74) is 6.15. The Morgan fingerprint density at radius 3 is 2.18 bits per heavy atom. The molecule has 0 aromatic heterocycles. The number of carbonyl (C=O) groups is 1. The van der Waals surface area contributed by atoms with E-state index in [1.54, 1.807) is 0 Å². The Hall–Kier alpha value is -0.570. The summed E-state index contributed by atoms with van der Waals surface area (Å²) >= 11 is 0.